The Labute approximate surface area is 102 Å². The van der Waals surface area contributed by atoms with Gasteiger partial charge < -0.3 is 10.2 Å². The fourth-order valence-electron chi connectivity index (χ4n) is 2.92. The maximum atomic E-state index is 3.30. The first-order valence-electron chi connectivity index (χ1n) is 6.81. The van der Waals surface area contributed by atoms with Gasteiger partial charge in [-0.3, -0.25) is 0 Å². The maximum absolute atomic E-state index is 3.30. The van der Waals surface area contributed by atoms with Gasteiger partial charge in [-0.1, -0.05) is 27.7 Å². The molecule has 0 aromatic rings. The zero-order chi connectivity index (χ0) is 12.2. The summed E-state index contributed by atoms with van der Waals surface area (Å²) in [5.74, 6) is 1.83. The summed E-state index contributed by atoms with van der Waals surface area (Å²) in [4.78, 5) is 2.65. The molecule has 0 spiro atoms. The van der Waals surface area contributed by atoms with E-state index in [2.05, 4.69) is 37.9 Å². The molecule has 2 heteroatoms. The molecule has 0 radical (unpaired) electrons. The standard InChI is InChI=1S/C14H30N2/c1-12(2)13-6-8-16(9-7-13)11-14(3,4)10-15-5/h12-13,15H,6-11H2,1-5H3. The van der Waals surface area contributed by atoms with Crippen molar-refractivity contribution in [2.45, 2.75) is 40.5 Å². The lowest BCUT2D eigenvalue weighted by atomic mass is 9.85. The molecule has 1 fully saturated rings. The smallest absolute Gasteiger partial charge is 0.00448 e. The second kappa shape index (κ2) is 6.02. The van der Waals surface area contributed by atoms with Crippen LogP contribution < -0.4 is 5.32 Å². The minimum absolute atomic E-state index is 0.402. The Morgan fingerprint density at radius 2 is 1.81 bits per heavy atom. The van der Waals surface area contributed by atoms with Crippen LogP contribution in [0.5, 0.6) is 0 Å². The van der Waals surface area contributed by atoms with Crippen LogP contribution in [0, 0.1) is 17.3 Å². The van der Waals surface area contributed by atoms with Crippen molar-refractivity contribution in [2.24, 2.45) is 17.3 Å². The van der Waals surface area contributed by atoms with E-state index in [9.17, 15) is 0 Å². The van der Waals surface area contributed by atoms with Gasteiger partial charge in [-0.05, 0) is 50.2 Å². The molecule has 0 atom stereocenters. The van der Waals surface area contributed by atoms with E-state index in [4.69, 9.17) is 0 Å². The zero-order valence-electron chi connectivity index (χ0n) is 11.8. The van der Waals surface area contributed by atoms with E-state index in [1.54, 1.807) is 0 Å². The van der Waals surface area contributed by atoms with Crippen LogP contribution in [0.3, 0.4) is 0 Å². The fraction of sp³-hybridized carbons (Fsp3) is 1.00. The lowest BCUT2D eigenvalue weighted by Crippen LogP contribution is -2.43. The highest BCUT2D eigenvalue weighted by Crippen LogP contribution is 2.26. The van der Waals surface area contributed by atoms with Gasteiger partial charge in [0.05, 0.1) is 0 Å². The van der Waals surface area contributed by atoms with Gasteiger partial charge in [0.15, 0.2) is 0 Å². The molecule has 0 unspecified atom stereocenters. The van der Waals surface area contributed by atoms with Crippen LogP contribution in [-0.2, 0) is 0 Å². The summed E-state index contributed by atoms with van der Waals surface area (Å²) in [5, 5.41) is 3.30. The van der Waals surface area contributed by atoms with Gasteiger partial charge in [-0.15, -0.1) is 0 Å². The van der Waals surface area contributed by atoms with Crippen LogP contribution >= 0.6 is 0 Å². The van der Waals surface area contributed by atoms with E-state index < -0.39 is 0 Å². The summed E-state index contributed by atoms with van der Waals surface area (Å²) >= 11 is 0. The lowest BCUT2D eigenvalue weighted by molar-refractivity contribution is 0.113. The van der Waals surface area contributed by atoms with Gasteiger partial charge in [0.25, 0.3) is 0 Å². The average molecular weight is 226 g/mol. The Morgan fingerprint density at radius 1 is 1.25 bits per heavy atom. The topological polar surface area (TPSA) is 15.3 Å². The van der Waals surface area contributed by atoms with Crippen LogP contribution in [0.25, 0.3) is 0 Å². The zero-order valence-corrected chi connectivity index (χ0v) is 11.8. The minimum atomic E-state index is 0.402. The summed E-state index contributed by atoms with van der Waals surface area (Å²) in [5.41, 5.74) is 0.402. The van der Waals surface area contributed by atoms with Crippen molar-refractivity contribution in [1.82, 2.24) is 10.2 Å². The number of hydrogen-bond donors (Lipinski definition) is 1. The first-order chi connectivity index (χ1) is 7.44. The molecule has 0 aromatic heterocycles. The van der Waals surface area contributed by atoms with E-state index in [1.165, 1.54) is 32.5 Å². The number of piperidine rings is 1. The summed E-state index contributed by atoms with van der Waals surface area (Å²) in [6.07, 6.45) is 2.79. The lowest BCUT2D eigenvalue weighted by Gasteiger charge is -2.38. The Hall–Kier alpha value is -0.0800. The van der Waals surface area contributed by atoms with Gasteiger partial charge in [0, 0.05) is 13.1 Å². The fourth-order valence-corrected chi connectivity index (χ4v) is 2.92. The molecule has 1 N–H and O–H groups in total. The Balaban J connectivity index is 2.31. The van der Waals surface area contributed by atoms with E-state index in [-0.39, 0.29) is 0 Å². The van der Waals surface area contributed by atoms with Gasteiger partial charge in [-0.25, -0.2) is 0 Å². The number of hydrogen-bond acceptors (Lipinski definition) is 2. The Kier molecular flexibility index (Phi) is 5.26. The van der Waals surface area contributed by atoms with Crippen molar-refractivity contribution in [3.05, 3.63) is 0 Å². The number of rotatable bonds is 5. The van der Waals surface area contributed by atoms with Crippen molar-refractivity contribution >= 4 is 0 Å². The molecule has 1 aliphatic rings. The highest BCUT2D eigenvalue weighted by molar-refractivity contribution is 4.80. The first kappa shape index (κ1) is 14.0. The quantitative estimate of drug-likeness (QED) is 0.775. The highest BCUT2D eigenvalue weighted by Gasteiger charge is 2.26. The molecule has 1 rings (SSSR count). The molecule has 0 amide bonds. The normalized spacial score (nSPS) is 20.6. The van der Waals surface area contributed by atoms with Crippen molar-refractivity contribution in [2.75, 3.05) is 33.2 Å². The predicted octanol–water partition coefficient (Wildman–Crippen LogP) is 2.60. The molecule has 0 bridgehead atoms. The third-order valence-electron chi connectivity index (χ3n) is 3.88. The van der Waals surface area contributed by atoms with E-state index in [0.717, 1.165) is 18.4 Å². The summed E-state index contributed by atoms with van der Waals surface area (Å²) < 4.78 is 0. The van der Waals surface area contributed by atoms with Crippen LogP contribution in [-0.4, -0.2) is 38.1 Å². The van der Waals surface area contributed by atoms with E-state index >= 15 is 0 Å². The van der Waals surface area contributed by atoms with Gasteiger partial charge in [0.1, 0.15) is 0 Å². The van der Waals surface area contributed by atoms with Gasteiger partial charge in [0.2, 0.25) is 0 Å². The Bertz CT molecular complexity index is 191. The average Bonchev–Trinajstić information content (AvgIpc) is 2.17. The number of nitrogens with zero attached hydrogens (tertiary/aromatic N) is 1. The van der Waals surface area contributed by atoms with Crippen molar-refractivity contribution in [3.8, 4) is 0 Å². The van der Waals surface area contributed by atoms with Crippen LogP contribution in [0.2, 0.25) is 0 Å². The SMILES string of the molecule is CNCC(C)(C)CN1CCC(C(C)C)CC1. The maximum Gasteiger partial charge on any atom is 0.00448 e. The molecule has 2 nitrogen and oxygen atoms in total. The molecule has 0 saturated carbocycles. The highest BCUT2D eigenvalue weighted by atomic mass is 15.1. The van der Waals surface area contributed by atoms with Gasteiger partial charge in [-0.2, -0.15) is 0 Å². The molecule has 0 aliphatic carbocycles. The monoisotopic (exact) mass is 226 g/mol. The molecule has 1 heterocycles. The number of nitrogens with one attached hydrogen (secondary N) is 1. The third-order valence-corrected chi connectivity index (χ3v) is 3.88. The van der Waals surface area contributed by atoms with Crippen molar-refractivity contribution in [1.29, 1.82) is 0 Å². The second-order valence-corrected chi connectivity index (χ2v) is 6.55. The van der Waals surface area contributed by atoms with Crippen LogP contribution in [0.1, 0.15) is 40.5 Å². The Morgan fingerprint density at radius 3 is 2.25 bits per heavy atom. The summed E-state index contributed by atoms with van der Waals surface area (Å²) in [6, 6.07) is 0. The molecule has 1 saturated heterocycles. The van der Waals surface area contributed by atoms with E-state index in [0.29, 0.717) is 5.41 Å². The second-order valence-electron chi connectivity index (χ2n) is 6.55. The van der Waals surface area contributed by atoms with Crippen LogP contribution in [0.4, 0.5) is 0 Å². The molecule has 0 aromatic carbocycles. The van der Waals surface area contributed by atoms with Crippen LogP contribution in [0.15, 0.2) is 0 Å². The number of likely N-dealkylation sites (tertiary alicyclic amines) is 1. The molecular weight excluding hydrogens is 196 g/mol. The van der Waals surface area contributed by atoms with Gasteiger partial charge >= 0.3 is 0 Å². The molecular formula is C14H30N2. The molecule has 1 aliphatic heterocycles. The summed E-state index contributed by atoms with van der Waals surface area (Å²) in [6.45, 7) is 14.4. The summed E-state index contributed by atoms with van der Waals surface area (Å²) in [7, 11) is 2.05. The van der Waals surface area contributed by atoms with E-state index in [1.807, 2.05) is 7.05 Å². The minimum Gasteiger partial charge on any atom is -0.319 e. The molecule has 96 valence electrons. The first-order valence-corrected chi connectivity index (χ1v) is 6.81. The largest absolute Gasteiger partial charge is 0.319 e. The predicted molar refractivity (Wildman–Crippen MR) is 71.7 cm³/mol. The van der Waals surface area contributed by atoms with Crippen molar-refractivity contribution in [3.63, 3.8) is 0 Å². The van der Waals surface area contributed by atoms with Crippen molar-refractivity contribution < 1.29 is 0 Å². The third kappa shape index (κ3) is 4.42. The molecule has 16 heavy (non-hydrogen) atoms.